The molecule has 2 N–H and O–H groups in total. The number of hydrogen-bond donors (Lipinski definition) is 2. The molecule has 1 atom stereocenters. The van der Waals surface area contributed by atoms with E-state index < -0.39 is 5.97 Å². The van der Waals surface area contributed by atoms with Crippen LogP contribution in [-0.2, 0) is 15.0 Å². The largest absolute Gasteiger partial charge is 0.481 e. The van der Waals surface area contributed by atoms with Crippen LogP contribution in [0.4, 0.5) is 5.69 Å². The molecule has 1 aliphatic carbocycles. The fraction of sp³-hybridized carbons (Fsp3) is 0.429. The van der Waals surface area contributed by atoms with Crippen molar-refractivity contribution < 1.29 is 14.7 Å². The first-order valence-corrected chi connectivity index (χ1v) is 6.19. The zero-order valence-corrected chi connectivity index (χ0v) is 10.2. The van der Waals surface area contributed by atoms with Crippen LogP contribution in [0.2, 0.25) is 0 Å². The summed E-state index contributed by atoms with van der Waals surface area (Å²) in [7, 11) is 0. The molecule has 1 heterocycles. The van der Waals surface area contributed by atoms with Gasteiger partial charge in [0.25, 0.3) is 0 Å². The number of amides is 1. The van der Waals surface area contributed by atoms with Crippen LogP contribution in [0.25, 0.3) is 0 Å². The molecule has 1 amide bonds. The van der Waals surface area contributed by atoms with Crippen molar-refractivity contribution in [1.82, 2.24) is 0 Å². The van der Waals surface area contributed by atoms with Gasteiger partial charge in [0, 0.05) is 11.1 Å². The molecule has 1 aromatic carbocycles. The average Bonchev–Trinajstić information content (AvgIpc) is 3.02. The Labute approximate surface area is 105 Å². The van der Waals surface area contributed by atoms with Gasteiger partial charge in [0.1, 0.15) is 0 Å². The van der Waals surface area contributed by atoms with E-state index in [-0.39, 0.29) is 23.7 Å². The SMILES string of the molecule is CC1C(=O)Nc2ccc(C3(CC(=O)O)CC3)cc21. The van der Waals surface area contributed by atoms with Gasteiger partial charge in [-0.05, 0) is 37.0 Å². The number of anilines is 1. The van der Waals surface area contributed by atoms with Crippen molar-refractivity contribution in [3.8, 4) is 0 Å². The smallest absolute Gasteiger partial charge is 0.304 e. The predicted octanol–water partition coefficient (Wildman–Crippen LogP) is 2.25. The van der Waals surface area contributed by atoms with Crippen molar-refractivity contribution in [3.05, 3.63) is 29.3 Å². The molecule has 0 saturated heterocycles. The summed E-state index contributed by atoms with van der Waals surface area (Å²) in [4.78, 5) is 22.5. The lowest BCUT2D eigenvalue weighted by molar-refractivity contribution is -0.137. The first-order chi connectivity index (χ1) is 8.52. The summed E-state index contributed by atoms with van der Waals surface area (Å²) < 4.78 is 0. The number of fused-ring (bicyclic) bond motifs is 1. The van der Waals surface area contributed by atoms with E-state index >= 15 is 0 Å². The van der Waals surface area contributed by atoms with Gasteiger partial charge in [-0.3, -0.25) is 9.59 Å². The first-order valence-electron chi connectivity index (χ1n) is 6.19. The first kappa shape index (κ1) is 11.3. The Hall–Kier alpha value is -1.84. The normalized spacial score (nSPS) is 23.4. The Morgan fingerprint density at radius 2 is 2.22 bits per heavy atom. The second-order valence-electron chi connectivity index (χ2n) is 5.36. The van der Waals surface area contributed by atoms with Gasteiger partial charge in [0.05, 0.1) is 12.3 Å². The molecule has 4 nitrogen and oxygen atoms in total. The molecule has 1 aliphatic heterocycles. The molecule has 1 unspecified atom stereocenters. The Kier molecular flexibility index (Phi) is 2.24. The third-order valence-electron chi connectivity index (χ3n) is 4.12. The Morgan fingerprint density at radius 1 is 1.50 bits per heavy atom. The van der Waals surface area contributed by atoms with E-state index in [1.165, 1.54) is 0 Å². The highest BCUT2D eigenvalue weighted by Gasteiger charge is 2.46. The minimum atomic E-state index is -0.754. The monoisotopic (exact) mass is 245 g/mol. The summed E-state index contributed by atoms with van der Waals surface area (Å²) >= 11 is 0. The molecule has 1 fully saturated rings. The van der Waals surface area contributed by atoms with Crippen molar-refractivity contribution in [1.29, 1.82) is 0 Å². The molecule has 3 rings (SSSR count). The van der Waals surface area contributed by atoms with Gasteiger partial charge in [0.2, 0.25) is 5.91 Å². The maximum absolute atomic E-state index is 11.6. The zero-order chi connectivity index (χ0) is 12.9. The number of carbonyl (C=O) groups is 2. The van der Waals surface area contributed by atoms with Crippen LogP contribution in [-0.4, -0.2) is 17.0 Å². The van der Waals surface area contributed by atoms with Crippen LogP contribution in [0.1, 0.15) is 43.2 Å². The maximum Gasteiger partial charge on any atom is 0.304 e. The lowest BCUT2D eigenvalue weighted by atomic mass is 9.89. The fourth-order valence-electron chi connectivity index (χ4n) is 2.75. The summed E-state index contributed by atoms with van der Waals surface area (Å²) in [5, 5.41) is 11.8. The van der Waals surface area contributed by atoms with Crippen molar-refractivity contribution in [3.63, 3.8) is 0 Å². The number of nitrogens with one attached hydrogen (secondary N) is 1. The number of benzene rings is 1. The molecule has 0 spiro atoms. The van der Waals surface area contributed by atoms with Gasteiger partial charge < -0.3 is 10.4 Å². The second-order valence-corrected chi connectivity index (χ2v) is 5.36. The minimum absolute atomic E-state index is 0.0187. The predicted molar refractivity (Wildman–Crippen MR) is 66.7 cm³/mol. The molecular weight excluding hydrogens is 230 g/mol. The number of carbonyl (C=O) groups excluding carboxylic acids is 1. The number of carboxylic acid groups (broad SMARTS) is 1. The molecule has 1 saturated carbocycles. The quantitative estimate of drug-likeness (QED) is 0.858. The number of aliphatic carboxylic acids is 1. The van der Waals surface area contributed by atoms with E-state index in [4.69, 9.17) is 5.11 Å². The molecule has 0 radical (unpaired) electrons. The third kappa shape index (κ3) is 1.60. The summed E-state index contributed by atoms with van der Waals surface area (Å²) in [5.41, 5.74) is 2.73. The van der Waals surface area contributed by atoms with Gasteiger partial charge in [-0.2, -0.15) is 0 Å². The second kappa shape index (κ2) is 3.57. The van der Waals surface area contributed by atoms with Gasteiger partial charge in [-0.15, -0.1) is 0 Å². The molecule has 18 heavy (non-hydrogen) atoms. The van der Waals surface area contributed by atoms with Crippen molar-refractivity contribution in [2.75, 3.05) is 5.32 Å². The van der Waals surface area contributed by atoms with Crippen molar-refractivity contribution >= 4 is 17.6 Å². The van der Waals surface area contributed by atoms with Gasteiger partial charge in [-0.1, -0.05) is 12.1 Å². The van der Waals surface area contributed by atoms with Gasteiger partial charge in [-0.25, -0.2) is 0 Å². The lowest BCUT2D eigenvalue weighted by Crippen LogP contribution is -2.13. The Bertz CT molecular complexity index is 546. The lowest BCUT2D eigenvalue weighted by Gasteiger charge is -2.14. The molecular formula is C14H15NO3. The van der Waals surface area contributed by atoms with Crippen LogP contribution in [0.3, 0.4) is 0 Å². The highest BCUT2D eigenvalue weighted by Crippen LogP contribution is 2.52. The highest BCUT2D eigenvalue weighted by atomic mass is 16.4. The summed E-state index contributed by atoms with van der Waals surface area (Å²) in [6, 6.07) is 5.86. The van der Waals surface area contributed by atoms with Gasteiger partial charge >= 0.3 is 5.97 Å². The average molecular weight is 245 g/mol. The van der Waals surface area contributed by atoms with Crippen LogP contribution in [0.5, 0.6) is 0 Å². The number of carboxylic acids is 1. The minimum Gasteiger partial charge on any atom is -0.481 e. The molecule has 4 heteroatoms. The highest BCUT2D eigenvalue weighted by molar-refractivity contribution is 6.02. The third-order valence-corrected chi connectivity index (χ3v) is 4.12. The number of hydrogen-bond acceptors (Lipinski definition) is 2. The summed E-state index contributed by atoms with van der Waals surface area (Å²) in [6.07, 6.45) is 2.03. The summed E-state index contributed by atoms with van der Waals surface area (Å²) in [6.45, 7) is 1.88. The van der Waals surface area contributed by atoms with Crippen molar-refractivity contribution in [2.24, 2.45) is 0 Å². The van der Waals surface area contributed by atoms with Crippen molar-refractivity contribution in [2.45, 2.75) is 37.5 Å². The molecule has 2 aliphatic rings. The van der Waals surface area contributed by atoms with E-state index in [0.29, 0.717) is 0 Å². The van der Waals surface area contributed by atoms with E-state index in [2.05, 4.69) is 5.32 Å². The molecule has 94 valence electrons. The van der Waals surface area contributed by atoms with Crippen LogP contribution in [0, 0.1) is 0 Å². The van der Waals surface area contributed by atoms with E-state index in [1.54, 1.807) is 0 Å². The van der Waals surface area contributed by atoms with Gasteiger partial charge in [0.15, 0.2) is 0 Å². The standard InChI is InChI=1S/C14H15NO3/c1-8-10-6-9(2-3-11(10)15-13(8)18)14(4-5-14)7-12(16)17/h2-3,6,8H,4-5,7H2,1H3,(H,15,18)(H,16,17). The molecule has 0 bridgehead atoms. The zero-order valence-electron chi connectivity index (χ0n) is 10.2. The molecule has 0 aromatic heterocycles. The van der Waals surface area contributed by atoms with E-state index in [0.717, 1.165) is 29.7 Å². The van der Waals surface area contributed by atoms with Crippen LogP contribution < -0.4 is 5.32 Å². The Morgan fingerprint density at radius 3 is 2.83 bits per heavy atom. The van der Waals surface area contributed by atoms with Crippen LogP contribution in [0.15, 0.2) is 18.2 Å². The summed E-state index contributed by atoms with van der Waals surface area (Å²) in [5.74, 6) is -0.874. The Balaban J connectivity index is 1.97. The number of rotatable bonds is 3. The topological polar surface area (TPSA) is 66.4 Å². The van der Waals surface area contributed by atoms with E-state index in [9.17, 15) is 9.59 Å². The maximum atomic E-state index is 11.6. The fourth-order valence-corrected chi connectivity index (χ4v) is 2.75. The van der Waals surface area contributed by atoms with Crippen LogP contribution >= 0.6 is 0 Å². The van der Waals surface area contributed by atoms with E-state index in [1.807, 2.05) is 25.1 Å². The molecule has 1 aromatic rings.